The molecular formula is C28H34N2O4. The zero-order chi connectivity index (χ0) is 23.9. The first-order valence-electron chi connectivity index (χ1n) is 12.2. The molecule has 1 aliphatic rings. The van der Waals surface area contributed by atoms with E-state index in [0.29, 0.717) is 31.9 Å². The smallest absolute Gasteiger partial charge is 0.305 e. The third-order valence-electron chi connectivity index (χ3n) is 6.21. The molecule has 6 heteroatoms. The summed E-state index contributed by atoms with van der Waals surface area (Å²) in [4.78, 5) is 18.7. The van der Waals surface area contributed by atoms with Crippen molar-refractivity contribution in [3.8, 4) is 17.2 Å². The summed E-state index contributed by atoms with van der Waals surface area (Å²) in [5.74, 6) is 2.31. The number of oxazole rings is 1. The van der Waals surface area contributed by atoms with Crippen LogP contribution in [0.4, 0.5) is 5.69 Å². The van der Waals surface area contributed by atoms with E-state index in [4.69, 9.17) is 18.9 Å². The molecule has 4 rings (SSSR count). The van der Waals surface area contributed by atoms with Crippen molar-refractivity contribution in [3.05, 3.63) is 65.0 Å². The molecule has 3 aromatic rings. The molecule has 0 fully saturated rings. The van der Waals surface area contributed by atoms with E-state index in [0.717, 1.165) is 55.1 Å². The van der Waals surface area contributed by atoms with E-state index in [9.17, 15) is 4.79 Å². The molecule has 0 bridgehead atoms. The van der Waals surface area contributed by atoms with Gasteiger partial charge in [-0.25, -0.2) is 4.98 Å². The standard InChI is InChI=1S/C28H34N2O4/c1-4-32-27(31)11-7-18-30-17-6-8-23-25(30)9-5-10-26(23)33-19-16-24-21(3)34-28(29-24)22-14-12-20(2)13-15-22/h5,9-10,12-15H,4,6-8,11,16-19H2,1-3H3. The summed E-state index contributed by atoms with van der Waals surface area (Å²) in [6.45, 7) is 8.69. The third-order valence-corrected chi connectivity index (χ3v) is 6.21. The fourth-order valence-corrected chi connectivity index (χ4v) is 4.42. The molecule has 1 aromatic heterocycles. The van der Waals surface area contributed by atoms with Crippen molar-refractivity contribution in [1.82, 2.24) is 4.98 Å². The Morgan fingerprint density at radius 2 is 1.97 bits per heavy atom. The van der Waals surface area contributed by atoms with Gasteiger partial charge in [-0.15, -0.1) is 0 Å². The molecule has 0 aliphatic carbocycles. The highest BCUT2D eigenvalue weighted by Crippen LogP contribution is 2.34. The number of carbonyl (C=O) groups excluding carboxylic acids is 1. The molecule has 0 amide bonds. The molecule has 6 nitrogen and oxygen atoms in total. The largest absolute Gasteiger partial charge is 0.493 e. The summed E-state index contributed by atoms with van der Waals surface area (Å²) in [6.07, 6.45) is 4.01. The maximum atomic E-state index is 11.7. The van der Waals surface area contributed by atoms with E-state index >= 15 is 0 Å². The van der Waals surface area contributed by atoms with Crippen molar-refractivity contribution in [1.29, 1.82) is 0 Å². The lowest BCUT2D eigenvalue weighted by molar-refractivity contribution is -0.143. The summed E-state index contributed by atoms with van der Waals surface area (Å²) >= 11 is 0. The van der Waals surface area contributed by atoms with Crippen LogP contribution in [-0.2, 0) is 22.4 Å². The summed E-state index contributed by atoms with van der Waals surface area (Å²) in [5, 5.41) is 0. The molecule has 180 valence electrons. The molecule has 0 radical (unpaired) electrons. The summed E-state index contributed by atoms with van der Waals surface area (Å²) < 4.78 is 17.2. The Morgan fingerprint density at radius 3 is 2.76 bits per heavy atom. The number of nitrogens with zero attached hydrogens (tertiary/aromatic N) is 2. The lowest BCUT2D eigenvalue weighted by Gasteiger charge is -2.32. The Labute approximate surface area is 201 Å². The van der Waals surface area contributed by atoms with E-state index in [1.54, 1.807) is 0 Å². The van der Waals surface area contributed by atoms with Crippen LogP contribution < -0.4 is 9.64 Å². The molecule has 0 atom stereocenters. The van der Waals surface area contributed by atoms with E-state index in [1.807, 2.05) is 32.0 Å². The number of esters is 1. The minimum atomic E-state index is -0.120. The highest BCUT2D eigenvalue weighted by molar-refractivity contribution is 5.69. The van der Waals surface area contributed by atoms with Gasteiger partial charge in [0.15, 0.2) is 0 Å². The van der Waals surface area contributed by atoms with Crippen LogP contribution in [0.2, 0.25) is 0 Å². The Kier molecular flexibility index (Phi) is 7.88. The summed E-state index contributed by atoms with van der Waals surface area (Å²) in [5.41, 5.74) is 5.60. The third kappa shape index (κ3) is 5.79. The highest BCUT2D eigenvalue weighted by atomic mass is 16.5. The van der Waals surface area contributed by atoms with Gasteiger partial charge in [-0.3, -0.25) is 4.79 Å². The van der Waals surface area contributed by atoms with Gasteiger partial charge in [0.1, 0.15) is 11.5 Å². The fourth-order valence-electron chi connectivity index (χ4n) is 4.42. The predicted octanol–water partition coefficient (Wildman–Crippen LogP) is 5.68. The van der Waals surface area contributed by atoms with Gasteiger partial charge in [0.25, 0.3) is 0 Å². The second-order valence-corrected chi connectivity index (χ2v) is 8.74. The molecule has 1 aliphatic heterocycles. The van der Waals surface area contributed by atoms with Gasteiger partial charge in [0.05, 0.1) is 18.9 Å². The molecule has 0 saturated carbocycles. The number of fused-ring (bicyclic) bond motifs is 1. The Bertz CT molecular complexity index is 1100. The molecule has 0 saturated heterocycles. The van der Waals surface area contributed by atoms with Crippen molar-refractivity contribution in [2.45, 2.75) is 52.9 Å². The quantitative estimate of drug-likeness (QED) is 0.362. The second kappa shape index (κ2) is 11.2. The van der Waals surface area contributed by atoms with E-state index in [-0.39, 0.29) is 5.97 Å². The number of aryl methyl sites for hydroxylation is 2. The molecular weight excluding hydrogens is 428 g/mol. The van der Waals surface area contributed by atoms with Gasteiger partial charge in [-0.1, -0.05) is 23.8 Å². The van der Waals surface area contributed by atoms with Crippen LogP contribution in [0.1, 0.15) is 48.8 Å². The summed E-state index contributed by atoms with van der Waals surface area (Å²) in [7, 11) is 0. The number of hydrogen-bond acceptors (Lipinski definition) is 6. The van der Waals surface area contributed by atoms with Gasteiger partial charge < -0.3 is 18.8 Å². The average molecular weight is 463 g/mol. The van der Waals surface area contributed by atoms with Crippen molar-refractivity contribution >= 4 is 11.7 Å². The molecule has 0 N–H and O–H groups in total. The zero-order valence-corrected chi connectivity index (χ0v) is 20.4. The minimum Gasteiger partial charge on any atom is -0.493 e. The molecule has 34 heavy (non-hydrogen) atoms. The fraction of sp³-hybridized carbons (Fsp3) is 0.429. The van der Waals surface area contributed by atoms with E-state index < -0.39 is 0 Å². The first-order chi connectivity index (χ1) is 16.5. The van der Waals surface area contributed by atoms with E-state index in [1.165, 1.54) is 16.8 Å². The van der Waals surface area contributed by atoms with Gasteiger partial charge in [0, 0.05) is 42.7 Å². The van der Waals surface area contributed by atoms with Crippen molar-refractivity contribution in [2.75, 3.05) is 31.2 Å². The highest BCUT2D eigenvalue weighted by Gasteiger charge is 2.20. The number of ether oxygens (including phenoxy) is 2. The van der Waals surface area contributed by atoms with Gasteiger partial charge >= 0.3 is 5.97 Å². The number of hydrogen-bond donors (Lipinski definition) is 0. The second-order valence-electron chi connectivity index (χ2n) is 8.74. The lowest BCUT2D eigenvalue weighted by atomic mass is 10.00. The van der Waals surface area contributed by atoms with Gasteiger partial charge in [-0.2, -0.15) is 0 Å². The first kappa shape index (κ1) is 23.9. The molecule has 2 aromatic carbocycles. The number of anilines is 1. The van der Waals surface area contributed by atoms with Crippen LogP contribution >= 0.6 is 0 Å². The van der Waals surface area contributed by atoms with Crippen molar-refractivity contribution in [3.63, 3.8) is 0 Å². The maximum Gasteiger partial charge on any atom is 0.305 e. The minimum absolute atomic E-state index is 0.120. The van der Waals surface area contributed by atoms with Crippen LogP contribution in [0.25, 0.3) is 11.5 Å². The molecule has 0 spiro atoms. The zero-order valence-electron chi connectivity index (χ0n) is 20.4. The number of rotatable bonds is 10. The SMILES string of the molecule is CCOC(=O)CCCN1CCCc2c(OCCc3nc(-c4ccc(C)cc4)oc3C)cccc21. The van der Waals surface area contributed by atoms with Crippen LogP contribution in [0.5, 0.6) is 5.75 Å². The van der Waals surface area contributed by atoms with Gasteiger partial charge in [0.2, 0.25) is 5.89 Å². The monoisotopic (exact) mass is 462 g/mol. The Morgan fingerprint density at radius 1 is 1.15 bits per heavy atom. The van der Waals surface area contributed by atoms with Crippen LogP contribution in [-0.4, -0.2) is 37.3 Å². The first-order valence-corrected chi connectivity index (χ1v) is 12.2. The number of aromatic nitrogens is 1. The Balaban J connectivity index is 1.36. The van der Waals surface area contributed by atoms with E-state index in [2.05, 4.69) is 36.1 Å². The number of carbonyl (C=O) groups is 1. The van der Waals surface area contributed by atoms with Crippen molar-refractivity contribution in [2.24, 2.45) is 0 Å². The normalized spacial score (nSPS) is 13.0. The van der Waals surface area contributed by atoms with Gasteiger partial charge in [-0.05, 0) is 64.3 Å². The molecule has 0 unspecified atom stereocenters. The average Bonchev–Trinajstić information content (AvgIpc) is 3.20. The predicted molar refractivity (Wildman–Crippen MR) is 133 cm³/mol. The summed E-state index contributed by atoms with van der Waals surface area (Å²) in [6, 6.07) is 14.5. The number of benzene rings is 2. The lowest BCUT2D eigenvalue weighted by Crippen LogP contribution is -2.31. The Hall–Kier alpha value is -3.28. The van der Waals surface area contributed by atoms with Crippen molar-refractivity contribution < 1.29 is 18.7 Å². The van der Waals surface area contributed by atoms with Crippen LogP contribution in [0.3, 0.4) is 0 Å². The van der Waals surface area contributed by atoms with Crippen LogP contribution in [0.15, 0.2) is 46.9 Å². The maximum absolute atomic E-state index is 11.7. The topological polar surface area (TPSA) is 64.8 Å². The van der Waals surface area contributed by atoms with Crippen LogP contribution in [0, 0.1) is 13.8 Å². The molecule has 2 heterocycles.